The Kier molecular flexibility index (Phi) is 4.82. The zero-order chi connectivity index (χ0) is 14.7. The smallest absolute Gasteiger partial charge is 0.263 e. The lowest BCUT2D eigenvalue weighted by Crippen LogP contribution is -2.30. The van der Waals surface area contributed by atoms with E-state index in [1.165, 1.54) is 18.4 Å². The van der Waals surface area contributed by atoms with Gasteiger partial charge in [0.05, 0.1) is 0 Å². The SMILES string of the molecule is CS(=O)OC1CCN(Cc2ccc(C(F)F)cc2)C1=O. The molecule has 1 aliphatic rings. The number of nitrogens with zero attached hydrogens (tertiary/aromatic N) is 1. The molecule has 0 spiro atoms. The lowest BCUT2D eigenvalue weighted by atomic mass is 10.1. The summed E-state index contributed by atoms with van der Waals surface area (Å²) in [5.74, 6) is -0.210. The highest BCUT2D eigenvalue weighted by Gasteiger charge is 2.33. The van der Waals surface area contributed by atoms with Crippen LogP contribution >= 0.6 is 0 Å². The van der Waals surface area contributed by atoms with Crippen LogP contribution in [0.5, 0.6) is 0 Å². The molecule has 20 heavy (non-hydrogen) atoms. The molecule has 1 aromatic carbocycles. The summed E-state index contributed by atoms with van der Waals surface area (Å²) in [6, 6.07) is 5.88. The van der Waals surface area contributed by atoms with E-state index in [0.717, 1.165) is 5.56 Å². The first-order valence-corrected chi connectivity index (χ1v) is 7.62. The highest BCUT2D eigenvalue weighted by molar-refractivity contribution is 7.79. The molecule has 2 atom stereocenters. The van der Waals surface area contributed by atoms with Crippen molar-refractivity contribution in [2.45, 2.75) is 25.5 Å². The minimum absolute atomic E-state index is 0.0379. The van der Waals surface area contributed by atoms with Crippen LogP contribution in [-0.4, -0.2) is 33.9 Å². The van der Waals surface area contributed by atoms with Gasteiger partial charge in [-0.15, -0.1) is 0 Å². The summed E-state index contributed by atoms with van der Waals surface area (Å²) in [6.45, 7) is 0.857. The van der Waals surface area contributed by atoms with E-state index in [-0.39, 0.29) is 11.5 Å². The second kappa shape index (κ2) is 6.41. The molecule has 1 fully saturated rings. The minimum atomic E-state index is -2.49. The largest absolute Gasteiger partial charge is 0.336 e. The van der Waals surface area contributed by atoms with Crippen LogP contribution in [0.15, 0.2) is 24.3 Å². The maximum absolute atomic E-state index is 12.4. The zero-order valence-electron chi connectivity index (χ0n) is 10.9. The summed E-state index contributed by atoms with van der Waals surface area (Å²) in [6.07, 6.45) is -1.29. The van der Waals surface area contributed by atoms with Crippen LogP contribution in [0, 0.1) is 0 Å². The molecule has 1 saturated heterocycles. The molecule has 4 nitrogen and oxygen atoms in total. The average Bonchev–Trinajstić information content (AvgIpc) is 2.71. The number of hydrogen-bond donors (Lipinski definition) is 0. The third-order valence-corrected chi connectivity index (χ3v) is 3.61. The van der Waals surface area contributed by atoms with E-state index in [0.29, 0.717) is 19.5 Å². The van der Waals surface area contributed by atoms with Gasteiger partial charge in [-0.2, -0.15) is 0 Å². The van der Waals surface area contributed by atoms with E-state index in [2.05, 4.69) is 0 Å². The average molecular weight is 303 g/mol. The van der Waals surface area contributed by atoms with Crippen LogP contribution in [0.4, 0.5) is 8.78 Å². The first-order chi connectivity index (χ1) is 9.47. The second-order valence-electron chi connectivity index (χ2n) is 4.58. The van der Waals surface area contributed by atoms with Crippen LogP contribution in [0.3, 0.4) is 0 Å². The first kappa shape index (κ1) is 15.1. The highest BCUT2D eigenvalue weighted by atomic mass is 32.2. The fourth-order valence-corrected chi connectivity index (χ4v) is 2.61. The Balaban J connectivity index is 1.97. The molecule has 1 aliphatic heterocycles. The van der Waals surface area contributed by atoms with Gasteiger partial charge in [0, 0.05) is 31.3 Å². The minimum Gasteiger partial charge on any atom is -0.336 e. The number of hydrogen-bond acceptors (Lipinski definition) is 3. The van der Waals surface area contributed by atoms with E-state index in [1.54, 1.807) is 17.0 Å². The number of rotatable bonds is 5. The third kappa shape index (κ3) is 3.61. The van der Waals surface area contributed by atoms with Gasteiger partial charge in [-0.3, -0.25) is 8.98 Å². The van der Waals surface area contributed by atoms with Crippen molar-refractivity contribution in [1.29, 1.82) is 0 Å². The first-order valence-electron chi connectivity index (χ1n) is 6.13. The maximum Gasteiger partial charge on any atom is 0.263 e. The molecule has 0 N–H and O–H groups in total. The van der Waals surface area contributed by atoms with Crippen LogP contribution in [0.2, 0.25) is 0 Å². The second-order valence-corrected chi connectivity index (χ2v) is 5.57. The number of carbonyl (C=O) groups is 1. The lowest BCUT2D eigenvalue weighted by molar-refractivity contribution is -0.133. The number of benzene rings is 1. The molecule has 0 bridgehead atoms. The Morgan fingerprint density at radius 1 is 1.40 bits per heavy atom. The molecule has 0 aliphatic carbocycles. The number of likely N-dealkylation sites (tertiary alicyclic amines) is 1. The van der Waals surface area contributed by atoms with E-state index in [9.17, 15) is 17.8 Å². The molecule has 7 heteroatoms. The van der Waals surface area contributed by atoms with Gasteiger partial charge in [0.2, 0.25) is 0 Å². The van der Waals surface area contributed by atoms with Crippen molar-refractivity contribution >= 4 is 17.0 Å². The predicted octanol–water partition coefficient (Wildman–Crippen LogP) is 2.04. The van der Waals surface area contributed by atoms with E-state index in [4.69, 9.17) is 4.18 Å². The Morgan fingerprint density at radius 3 is 2.60 bits per heavy atom. The van der Waals surface area contributed by atoms with Crippen molar-refractivity contribution in [1.82, 2.24) is 4.90 Å². The Hall–Kier alpha value is -1.34. The molecule has 2 rings (SSSR count). The molecule has 1 amide bonds. The van der Waals surface area contributed by atoms with Gasteiger partial charge in [-0.1, -0.05) is 24.3 Å². The highest BCUT2D eigenvalue weighted by Crippen LogP contribution is 2.21. The van der Waals surface area contributed by atoms with Gasteiger partial charge < -0.3 is 4.90 Å². The third-order valence-electron chi connectivity index (χ3n) is 3.11. The monoisotopic (exact) mass is 303 g/mol. The van der Waals surface area contributed by atoms with Crippen molar-refractivity contribution in [2.75, 3.05) is 12.8 Å². The molecule has 1 aromatic rings. The van der Waals surface area contributed by atoms with Crippen molar-refractivity contribution in [3.63, 3.8) is 0 Å². The predicted molar refractivity (Wildman–Crippen MR) is 70.4 cm³/mol. The molecule has 2 unspecified atom stereocenters. The summed E-state index contributed by atoms with van der Waals surface area (Å²) in [5, 5.41) is 0. The molecular formula is C13H15F2NO3S. The molecule has 0 aromatic heterocycles. The fraction of sp³-hybridized carbons (Fsp3) is 0.462. The normalized spacial score (nSPS) is 20.7. The quantitative estimate of drug-likeness (QED) is 0.836. The number of alkyl halides is 2. The molecular weight excluding hydrogens is 288 g/mol. The number of carbonyl (C=O) groups excluding carboxylic acids is 1. The molecule has 110 valence electrons. The summed E-state index contributed by atoms with van der Waals surface area (Å²) < 4.78 is 40.8. The van der Waals surface area contributed by atoms with Crippen molar-refractivity contribution in [2.24, 2.45) is 0 Å². The topological polar surface area (TPSA) is 46.6 Å². The Labute approximate surface area is 118 Å². The van der Waals surface area contributed by atoms with E-state index >= 15 is 0 Å². The molecule has 0 radical (unpaired) electrons. The van der Waals surface area contributed by atoms with Gasteiger partial charge in [0.1, 0.15) is 0 Å². The Morgan fingerprint density at radius 2 is 2.05 bits per heavy atom. The van der Waals surface area contributed by atoms with Gasteiger partial charge in [0.25, 0.3) is 12.3 Å². The maximum atomic E-state index is 12.4. The van der Waals surface area contributed by atoms with Crippen LogP contribution < -0.4 is 0 Å². The van der Waals surface area contributed by atoms with Crippen molar-refractivity contribution < 1.29 is 22.0 Å². The molecule has 0 saturated carbocycles. The van der Waals surface area contributed by atoms with Crippen LogP contribution in [0.25, 0.3) is 0 Å². The zero-order valence-corrected chi connectivity index (χ0v) is 11.7. The summed E-state index contributed by atoms with van der Waals surface area (Å²) in [7, 11) is 0. The van der Waals surface area contributed by atoms with Gasteiger partial charge in [0.15, 0.2) is 17.2 Å². The summed E-state index contributed by atoms with van der Waals surface area (Å²) >= 11 is -1.48. The summed E-state index contributed by atoms with van der Waals surface area (Å²) in [4.78, 5) is 13.5. The van der Waals surface area contributed by atoms with Crippen LogP contribution in [-0.2, 0) is 26.6 Å². The fourth-order valence-electron chi connectivity index (χ4n) is 2.11. The summed E-state index contributed by atoms with van der Waals surface area (Å²) in [5.41, 5.74) is 0.741. The lowest BCUT2D eigenvalue weighted by Gasteiger charge is -2.16. The number of halogens is 2. The van der Waals surface area contributed by atoms with E-state index in [1.807, 2.05) is 0 Å². The van der Waals surface area contributed by atoms with Crippen molar-refractivity contribution in [3.8, 4) is 0 Å². The molecule has 1 heterocycles. The Bertz CT molecular complexity index is 507. The van der Waals surface area contributed by atoms with Gasteiger partial charge in [-0.25, -0.2) is 13.0 Å². The van der Waals surface area contributed by atoms with Crippen LogP contribution in [0.1, 0.15) is 24.0 Å². The van der Waals surface area contributed by atoms with E-state index < -0.39 is 23.6 Å². The van der Waals surface area contributed by atoms with Gasteiger partial charge in [-0.05, 0) is 5.56 Å². The standard InChI is InChI=1S/C13H15F2NO3S/c1-20(18)19-11-6-7-16(13(11)17)8-9-2-4-10(5-3-9)12(14)15/h2-5,11-12H,6-8H2,1H3. The van der Waals surface area contributed by atoms with Gasteiger partial charge >= 0.3 is 0 Å². The van der Waals surface area contributed by atoms with Crippen molar-refractivity contribution in [3.05, 3.63) is 35.4 Å². The number of amides is 1.